The topological polar surface area (TPSA) is 29.9 Å². The highest BCUT2D eigenvalue weighted by atomic mass is 15.3. The molecule has 1 atom stereocenters. The number of aromatic nitrogens is 2. The van der Waals surface area contributed by atoms with Crippen LogP contribution < -0.4 is 5.32 Å². The maximum Gasteiger partial charge on any atom is 0.0669 e. The minimum atomic E-state index is 0.447. The Bertz CT molecular complexity index is 326. The van der Waals surface area contributed by atoms with E-state index in [-0.39, 0.29) is 0 Å². The first-order valence-corrected chi connectivity index (χ1v) is 5.66. The fourth-order valence-electron chi connectivity index (χ4n) is 1.88. The third-order valence-electron chi connectivity index (χ3n) is 3.18. The van der Waals surface area contributed by atoms with Gasteiger partial charge in [0.15, 0.2) is 0 Å². The summed E-state index contributed by atoms with van der Waals surface area (Å²) < 4.78 is 2.17. The monoisotopic (exact) mass is 209 g/mol. The number of hydrogen-bond donors (Lipinski definition) is 1. The Morgan fingerprint density at radius 2 is 1.87 bits per heavy atom. The van der Waals surface area contributed by atoms with Crippen molar-refractivity contribution in [2.75, 3.05) is 13.6 Å². The number of rotatable bonds is 4. The molecule has 1 N–H and O–H groups in total. The molecule has 0 aromatic carbocycles. The Labute approximate surface area is 92.9 Å². The van der Waals surface area contributed by atoms with Crippen molar-refractivity contribution < 1.29 is 0 Å². The molecule has 1 rings (SSSR count). The van der Waals surface area contributed by atoms with E-state index in [1.54, 1.807) is 0 Å². The molecule has 0 aliphatic carbocycles. The Morgan fingerprint density at radius 3 is 2.20 bits per heavy atom. The van der Waals surface area contributed by atoms with Crippen molar-refractivity contribution in [3.05, 3.63) is 17.0 Å². The molecule has 1 unspecified atom stereocenters. The van der Waals surface area contributed by atoms with E-state index < -0.39 is 0 Å². The molecule has 0 spiro atoms. The second-order valence-electron chi connectivity index (χ2n) is 4.61. The minimum Gasteiger partial charge on any atom is -0.318 e. The van der Waals surface area contributed by atoms with Gasteiger partial charge in [-0.15, -0.1) is 0 Å². The molecule has 0 fully saturated rings. The summed E-state index contributed by atoms with van der Waals surface area (Å²) in [5.74, 6) is 0.592. The van der Waals surface area contributed by atoms with Gasteiger partial charge in [0.1, 0.15) is 0 Å². The van der Waals surface area contributed by atoms with Crippen LogP contribution in [0, 0.1) is 26.7 Å². The molecule has 3 heteroatoms. The van der Waals surface area contributed by atoms with E-state index in [0.717, 1.165) is 12.2 Å². The maximum atomic E-state index is 4.63. The summed E-state index contributed by atoms with van der Waals surface area (Å²) in [6.07, 6.45) is 0. The van der Waals surface area contributed by atoms with Gasteiger partial charge >= 0.3 is 0 Å². The average molecular weight is 209 g/mol. The van der Waals surface area contributed by atoms with Gasteiger partial charge in [0.25, 0.3) is 0 Å². The van der Waals surface area contributed by atoms with Gasteiger partial charge < -0.3 is 5.32 Å². The lowest BCUT2D eigenvalue weighted by Gasteiger charge is -2.22. The van der Waals surface area contributed by atoms with Gasteiger partial charge in [-0.05, 0) is 39.3 Å². The van der Waals surface area contributed by atoms with Crippen LogP contribution in [-0.4, -0.2) is 23.4 Å². The first-order valence-electron chi connectivity index (χ1n) is 5.66. The first kappa shape index (κ1) is 12.2. The van der Waals surface area contributed by atoms with E-state index in [9.17, 15) is 0 Å². The van der Waals surface area contributed by atoms with Crippen LogP contribution in [0.5, 0.6) is 0 Å². The second-order valence-corrected chi connectivity index (χ2v) is 4.61. The summed E-state index contributed by atoms with van der Waals surface area (Å²) in [5.41, 5.74) is 3.76. The molecular formula is C12H23N3. The zero-order chi connectivity index (χ0) is 11.6. The quantitative estimate of drug-likeness (QED) is 0.824. The highest BCUT2D eigenvalue weighted by molar-refractivity contribution is 5.22. The molecule has 1 aromatic rings. The van der Waals surface area contributed by atoms with Crippen molar-refractivity contribution in [1.29, 1.82) is 0 Å². The smallest absolute Gasteiger partial charge is 0.0669 e. The molecule has 1 aromatic heterocycles. The highest BCUT2D eigenvalue weighted by Crippen LogP contribution is 2.21. The first-order chi connectivity index (χ1) is 6.99. The molecule has 3 nitrogen and oxygen atoms in total. The van der Waals surface area contributed by atoms with E-state index in [4.69, 9.17) is 0 Å². The average Bonchev–Trinajstić information content (AvgIpc) is 2.42. The Hall–Kier alpha value is -0.830. The van der Waals surface area contributed by atoms with Crippen molar-refractivity contribution in [2.45, 2.75) is 40.7 Å². The van der Waals surface area contributed by atoms with E-state index in [1.165, 1.54) is 11.3 Å². The summed E-state index contributed by atoms with van der Waals surface area (Å²) in [5, 5.41) is 7.87. The van der Waals surface area contributed by atoms with E-state index in [1.807, 2.05) is 7.05 Å². The lowest BCUT2D eigenvalue weighted by molar-refractivity contribution is 0.331. The van der Waals surface area contributed by atoms with Crippen LogP contribution in [0.25, 0.3) is 0 Å². The summed E-state index contributed by atoms with van der Waals surface area (Å²) in [6, 6.07) is 0.447. The van der Waals surface area contributed by atoms with Crippen LogP contribution >= 0.6 is 0 Å². The molecule has 15 heavy (non-hydrogen) atoms. The summed E-state index contributed by atoms with van der Waals surface area (Å²) >= 11 is 0. The van der Waals surface area contributed by atoms with Crippen LogP contribution in [0.3, 0.4) is 0 Å². The third-order valence-corrected chi connectivity index (χ3v) is 3.18. The molecule has 0 amide bonds. The predicted molar refractivity (Wildman–Crippen MR) is 64.2 cm³/mol. The fourth-order valence-corrected chi connectivity index (χ4v) is 1.88. The van der Waals surface area contributed by atoms with Gasteiger partial charge in [-0.25, -0.2) is 0 Å². The molecule has 0 radical (unpaired) electrons. The van der Waals surface area contributed by atoms with Gasteiger partial charge in [0.2, 0.25) is 0 Å². The molecule has 0 saturated carbocycles. The SMILES string of the molecule is CNCC(C(C)C)n1nc(C)c(C)c1C. The maximum absolute atomic E-state index is 4.63. The van der Waals surface area contributed by atoms with Crippen molar-refractivity contribution in [3.63, 3.8) is 0 Å². The Kier molecular flexibility index (Phi) is 3.91. The summed E-state index contributed by atoms with van der Waals surface area (Å²) in [4.78, 5) is 0. The summed E-state index contributed by atoms with van der Waals surface area (Å²) in [7, 11) is 1.99. The second kappa shape index (κ2) is 4.79. The van der Waals surface area contributed by atoms with E-state index in [0.29, 0.717) is 12.0 Å². The summed E-state index contributed by atoms with van der Waals surface area (Å²) in [6.45, 7) is 11.8. The molecular weight excluding hydrogens is 186 g/mol. The molecule has 0 bridgehead atoms. The van der Waals surface area contributed by atoms with E-state index in [2.05, 4.69) is 49.7 Å². The van der Waals surface area contributed by atoms with Crippen molar-refractivity contribution >= 4 is 0 Å². The van der Waals surface area contributed by atoms with Gasteiger partial charge in [0, 0.05) is 12.2 Å². The molecule has 1 heterocycles. The Balaban J connectivity index is 3.05. The Morgan fingerprint density at radius 1 is 1.27 bits per heavy atom. The molecule has 0 aliphatic rings. The normalized spacial score (nSPS) is 13.5. The lowest BCUT2D eigenvalue weighted by atomic mass is 10.0. The molecule has 0 saturated heterocycles. The van der Waals surface area contributed by atoms with Crippen LogP contribution in [0.4, 0.5) is 0 Å². The van der Waals surface area contributed by atoms with E-state index >= 15 is 0 Å². The highest BCUT2D eigenvalue weighted by Gasteiger charge is 2.19. The van der Waals surface area contributed by atoms with Crippen molar-refractivity contribution in [2.24, 2.45) is 5.92 Å². The number of nitrogens with one attached hydrogen (secondary N) is 1. The number of nitrogens with zero attached hydrogens (tertiary/aromatic N) is 2. The van der Waals surface area contributed by atoms with Gasteiger partial charge in [-0.2, -0.15) is 5.10 Å². The van der Waals surface area contributed by atoms with Crippen molar-refractivity contribution in [1.82, 2.24) is 15.1 Å². The lowest BCUT2D eigenvalue weighted by Crippen LogP contribution is -2.28. The molecule has 86 valence electrons. The zero-order valence-corrected chi connectivity index (χ0v) is 10.8. The third kappa shape index (κ3) is 2.40. The van der Waals surface area contributed by atoms with Crippen LogP contribution in [0.15, 0.2) is 0 Å². The van der Waals surface area contributed by atoms with Gasteiger partial charge in [-0.1, -0.05) is 13.8 Å². The number of hydrogen-bond acceptors (Lipinski definition) is 2. The number of likely N-dealkylation sites (N-methyl/N-ethyl adjacent to an activating group) is 1. The fraction of sp³-hybridized carbons (Fsp3) is 0.750. The van der Waals surface area contributed by atoms with Crippen LogP contribution in [0.1, 0.15) is 36.8 Å². The van der Waals surface area contributed by atoms with Crippen LogP contribution in [0.2, 0.25) is 0 Å². The predicted octanol–water partition coefficient (Wildman–Crippen LogP) is 2.22. The molecule has 0 aliphatic heterocycles. The zero-order valence-electron chi connectivity index (χ0n) is 10.8. The standard InChI is InChI=1S/C12H23N3/c1-8(2)12(7-13-6)15-11(5)9(3)10(4)14-15/h8,12-13H,7H2,1-6H3. The van der Waals surface area contributed by atoms with Crippen LogP contribution in [-0.2, 0) is 0 Å². The van der Waals surface area contributed by atoms with Crippen molar-refractivity contribution in [3.8, 4) is 0 Å². The van der Waals surface area contributed by atoms with Gasteiger partial charge in [-0.3, -0.25) is 4.68 Å². The van der Waals surface area contributed by atoms with Gasteiger partial charge in [0.05, 0.1) is 11.7 Å². The number of aryl methyl sites for hydroxylation is 1. The largest absolute Gasteiger partial charge is 0.318 e. The minimum absolute atomic E-state index is 0.447.